The van der Waals surface area contributed by atoms with Gasteiger partial charge in [-0.2, -0.15) is 0 Å². The topological polar surface area (TPSA) is 83.2 Å². The van der Waals surface area contributed by atoms with Crippen molar-refractivity contribution in [1.82, 2.24) is 20.2 Å². The van der Waals surface area contributed by atoms with Gasteiger partial charge in [0.25, 0.3) is 5.22 Å². The Balaban J connectivity index is 1.34. The van der Waals surface area contributed by atoms with Crippen molar-refractivity contribution in [2.75, 3.05) is 6.79 Å². The fraction of sp³-hybridized carbons (Fsp3) is 0.263. The Morgan fingerprint density at radius 2 is 1.93 bits per heavy atom. The first-order chi connectivity index (χ1) is 13.8. The maximum absolute atomic E-state index is 5.89. The zero-order valence-electron chi connectivity index (χ0n) is 14.7. The Morgan fingerprint density at radius 1 is 1.00 bits per heavy atom. The maximum atomic E-state index is 5.89. The first-order valence-corrected chi connectivity index (χ1v) is 10.6. The lowest BCUT2D eigenvalue weighted by Gasteiger charge is -2.10. The SMILES string of the molecule is c1nc(Sc2nnc(-c3ccc4c(c3)OCO4)o2)c2c3c(sc2n1)CCCC3. The monoisotopic (exact) mass is 410 g/mol. The van der Waals surface area contributed by atoms with Crippen LogP contribution in [0.2, 0.25) is 0 Å². The minimum Gasteiger partial charge on any atom is -0.454 e. The van der Waals surface area contributed by atoms with E-state index in [1.54, 1.807) is 17.7 Å². The van der Waals surface area contributed by atoms with E-state index in [0.717, 1.165) is 39.4 Å². The number of rotatable bonds is 3. The highest BCUT2D eigenvalue weighted by Crippen LogP contribution is 2.41. The van der Waals surface area contributed by atoms with Crippen LogP contribution in [-0.4, -0.2) is 27.0 Å². The van der Waals surface area contributed by atoms with E-state index in [9.17, 15) is 0 Å². The van der Waals surface area contributed by atoms with Gasteiger partial charge in [0.05, 0.1) is 0 Å². The van der Waals surface area contributed by atoms with Gasteiger partial charge in [-0.1, -0.05) is 0 Å². The summed E-state index contributed by atoms with van der Waals surface area (Å²) in [5.74, 6) is 1.86. The van der Waals surface area contributed by atoms with Crippen molar-refractivity contribution in [3.05, 3.63) is 35.0 Å². The van der Waals surface area contributed by atoms with Crippen molar-refractivity contribution in [1.29, 1.82) is 0 Å². The molecule has 0 unspecified atom stereocenters. The van der Waals surface area contributed by atoms with E-state index in [0.29, 0.717) is 16.9 Å². The summed E-state index contributed by atoms with van der Waals surface area (Å²) in [7, 11) is 0. The minimum atomic E-state index is 0.235. The molecule has 140 valence electrons. The first kappa shape index (κ1) is 16.3. The average molecular weight is 410 g/mol. The minimum absolute atomic E-state index is 0.235. The maximum Gasteiger partial charge on any atom is 0.283 e. The first-order valence-electron chi connectivity index (χ1n) is 9.02. The smallest absolute Gasteiger partial charge is 0.283 e. The zero-order valence-corrected chi connectivity index (χ0v) is 16.3. The molecule has 2 aliphatic rings. The lowest BCUT2D eigenvalue weighted by molar-refractivity contribution is 0.174. The predicted octanol–water partition coefficient (Wildman–Crippen LogP) is 4.50. The molecule has 0 amide bonds. The Morgan fingerprint density at radius 3 is 2.93 bits per heavy atom. The van der Waals surface area contributed by atoms with E-state index in [-0.39, 0.29) is 6.79 Å². The summed E-state index contributed by atoms with van der Waals surface area (Å²) >= 11 is 3.18. The molecule has 28 heavy (non-hydrogen) atoms. The van der Waals surface area contributed by atoms with Gasteiger partial charge in [-0.25, -0.2) is 9.97 Å². The van der Waals surface area contributed by atoms with Crippen LogP contribution < -0.4 is 9.47 Å². The molecule has 3 aromatic heterocycles. The van der Waals surface area contributed by atoms with Crippen LogP contribution in [0.15, 0.2) is 39.2 Å². The number of ether oxygens (including phenoxy) is 2. The second-order valence-corrected chi connectivity index (χ2v) is 8.64. The third kappa shape index (κ3) is 2.65. The number of hydrogen-bond donors (Lipinski definition) is 0. The molecule has 4 aromatic rings. The van der Waals surface area contributed by atoms with E-state index in [1.165, 1.54) is 35.0 Å². The fourth-order valence-electron chi connectivity index (χ4n) is 3.62. The summed E-state index contributed by atoms with van der Waals surface area (Å²) in [5.41, 5.74) is 2.19. The number of aryl methyl sites for hydroxylation is 2. The molecule has 0 saturated heterocycles. The van der Waals surface area contributed by atoms with Gasteiger partial charge in [0.15, 0.2) is 11.5 Å². The van der Waals surface area contributed by atoms with Gasteiger partial charge in [0, 0.05) is 15.8 Å². The van der Waals surface area contributed by atoms with Crippen LogP contribution in [0.25, 0.3) is 21.7 Å². The standard InChI is InChI=1S/C19H14N4O3S2/c1-2-4-14-11(3-1)15-17(27-14)20-8-21-18(15)28-19-23-22-16(26-19)10-5-6-12-13(7-10)25-9-24-12/h5-8H,1-4,9H2. The number of hydrogen-bond acceptors (Lipinski definition) is 9. The summed E-state index contributed by atoms with van der Waals surface area (Å²) in [4.78, 5) is 11.5. The van der Waals surface area contributed by atoms with Crippen LogP contribution >= 0.6 is 23.1 Å². The van der Waals surface area contributed by atoms with Gasteiger partial charge < -0.3 is 13.9 Å². The lowest BCUT2D eigenvalue weighted by atomic mass is 9.97. The Labute approximate surface area is 168 Å². The highest BCUT2D eigenvalue weighted by atomic mass is 32.2. The number of nitrogens with zero attached hydrogens (tertiary/aromatic N) is 4. The highest BCUT2D eigenvalue weighted by molar-refractivity contribution is 7.99. The molecular formula is C19H14N4O3S2. The molecule has 0 atom stereocenters. The Bertz CT molecular complexity index is 1200. The molecule has 4 heterocycles. The van der Waals surface area contributed by atoms with Gasteiger partial charge in [0.2, 0.25) is 12.7 Å². The fourth-order valence-corrected chi connectivity index (χ4v) is 5.70. The van der Waals surface area contributed by atoms with Crippen molar-refractivity contribution < 1.29 is 13.9 Å². The molecule has 0 fully saturated rings. The van der Waals surface area contributed by atoms with Crippen LogP contribution in [0.5, 0.6) is 11.5 Å². The molecule has 7 nitrogen and oxygen atoms in total. The largest absolute Gasteiger partial charge is 0.454 e. The van der Waals surface area contributed by atoms with Gasteiger partial charge in [-0.15, -0.1) is 21.5 Å². The third-order valence-electron chi connectivity index (χ3n) is 4.93. The number of benzene rings is 1. The molecule has 0 saturated carbocycles. The molecule has 1 aromatic carbocycles. The summed E-state index contributed by atoms with van der Waals surface area (Å²) in [5, 5.41) is 10.9. The van der Waals surface area contributed by atoms with Crippen LogP contribution in [0.4, 0.5) is 0 Å². The Hall–Kier alpha value is -2.65. The van der Waals surface area contributed by atoms with E-state index < -0.39 is 0 Å². The van der Waals surface area contributed by atoms with Crippen molar-refractivity contribution >= 4 is 33.3 Å². The molecule has 0 N–H and O–H groups in total. The van der Waals surface area contributed by atoms with E-state index in [1.807, 2.05) is 18.2 Å². The van der Waals surface area contributed by atoms with Crippen molar-refractivity contribution in [3.63, 3.8) is 0 Å². The second-order valence-electron chi connectivity index (χ2n) is 6.61. The van der Waals surface area contributed by atoms with E-state index in [4.69, 9.17) is 13.9 Å². The lowest BCUT2D eigenvalue weighted by Crippen LogP contribution is -1.98. The summed E-state index contributed by atoms with van der Waals surface area (Å²) in [6.45, 7) is 0.235. The number of aromatic nitrogens is 4. The van der Waals surface area contributed by atoms with Crippen molar-refractivity contribution in [2.24, 2.45) is 0 Å². The molecule has 6 rings (SSSR count). The average Bonchev–Trinajstić information content (AvgIpc) is 3.45. The molecule has 9 heteroatoms. The molecule has 0 radical (unpaired) electrons. The second kappa shape index (κ2) is 6.46. The van der Waals surface area contributed by atoms with Gasteiger partial charge in [0.1, 0.15) is 16.2 Å². The molecule has 0 spiro atoms. The van der Waals surface area contributed by atoms with Crippen LogP contribution in [-0.2, 0) is 12.8 Å². The van der Waals surface area contributed by atoms with Crippen LogP contribution in [0.1, 0.15) is 23.3 Å². The van der Waals surface area contributed by atoms with Crippen LogP contribution in [0, 0.1) is 0 Å². The van der Waals surface area contributed by atoms with Gasteiger partial charge in [-0.3, -0.25) is 0 Å². The van der Waals surface area contributed by atoms with Crippen molar-refractivity contribution in [2.45, 2.75) is 35.9 Å². The number of fused-ring (bicyclic) bond motifs is 4. The quantitative estimate of drug-likeness (QED) is 0.457. The molecule has 1 aliphatic heterocycles. The van der Waals surface area contributed by atoms with Crippen LogP contribution in [0.3, 0.4) is 0 Å². The normalized spacial score (nSPS) is 15.1. The van der Waals surface area contributed by atoms with Gasteiger partial charge >= 0.3 is 0 Å². The number of thiophene rings is 1. The summed E-state index contributed by atoms with van der Waals surface area (Å²) in [6, 6.07) is 5.58. The van der Waals surface area contributed by atoms with Gasteiger partial charge in [-0.05, 0) is 61.2 Å². The molecule has 1 aliphatic carbocycles. The molecular weight excluding hydrogens is 396 g/mol. The third-order valence-corrected chi connectivity index (χ3v) is 6.97. The summed E-state index contributed by atoms with van der Waals surface area (Å²) in [6.07, 6.45) is 6.30. The molecule has 0 bridgehead atoms. The zero-order chi connectivity index (χ0) is 18.5. The highest BCUT2D eigenvalue weighted by Gasteiger charge is 2.22. The van der Waals surface area contributed by atoms with Crippen molar-refractivity contribution in [3.8, 4) is 23.0 Å². The Kier molecular flexibility index (Phi) is 3.76. The van der Waals surface area contributed by atoms with E-state index >= 15 is 0 Å². The van der Waals surface area contributed by atoms with E-state index in [2.05, 4.69) is 20.2 Å². The summed E-state index contributed by atoms with van der Waals surface area (Å²) < 4.78 is 16.7. The predicted molar refractivity (Wildman–Crippen MR) is 104 cm³/mol.